The summed E-state index contributed by atoms with van der Waals surface area (Å²) in [5, 5.41) is 3.71. The van der Waals surface area contributed by atoms with Crippen molar-refractivity contribution in [1.29, 1.82) is 0 Å². The van der Waals surface area contributed by atoms with Gasteiger partial charge in [-0.25, -0.2) is 0 Å². The number of alkyl halides is 1. The minimum Gasteiger partial charge on any atom is -0.459 e. The highest BCUT2D eigenvalue weighted by molar-refractivity contribution is 6.26. The Morgan fingerprint density at radius 3 is 2.50 bits per heavy atom. The van der Waals surface area contributed by atoms with Gasteiger partial charge in [0.2, 0.25) is 0 Å². The molecule has 3 heterocycles. The molecule has 12 heteroatoms. The molecule has 0 aromatic heterocycles. The van der Waals surface area contributed by atoms with Gasteiger partial charge in [-0.3, -0.25) is 9.59 Å². The molecule has 0 saturated carbocycles. The van der Waals surface area contributed by atoms with Gasteiger partial charge in [0.1, 0.15) is 36.3 Å². The molecule has 10 atom stereocenters. The standard InChI is InChI=1S/C18H26ClN3O8/c1-7-8(2)17(26-9(3)14(7)29-12(24)5-19)30-15-11-6-25-18(28-11)13(21-22-20)16(15)27-10(4)23/h7-9,11,13-18H,5-6H2,1-4H3/t7-,8?,9?,11?,13?,14+,15-,16+,17+,18-/m1/s1. The predicted molar refractivity (Wildman–Crippen MR) is 101 cm³/mol. The van der Waals surface area contributed by atoms with Gasteiger partial charge in [0.25, 0.3) is 0 Å². The molecule has 3 fully saturated rings. The van der Waals surface area contributed by atoms with E-state index in [4.69, 9.17) is 45.6 Å². The lowest BCUT2D eigenvalue weighted by Gasteiger charge is -2.46. The van der Waals surface area contributed by atoms with E-state index in [1.807, 2.05) is 13.8 Å². The number of azide groups is 1. The summed E-state index contributed by atoms with van der Waals surface area (Å²) in [4.78, 5) is 26.2. The van der Waals surface area contributed by atoms with Crippen molar-refractivity contribution < 1.29 is 38.0 Å². The summed E-state index contributed by atoms with van der Waals surface area (Å²) in [5.74, 6) is -1.57. The first-order valence-corrected chi connectivity index (χ1v) is 10.3. The van der Waals surface area contributed by atoms with Gasteiger partial charge in [0, 0.05) is 23.7 Å². The summed E-state index contributed by atoms with van der Waals surface area (Å²) in [6, 6.07) is -0.895. The molecule has 30 heavy (non-hydrogen) atoms. The molecule has 0 radical (unpaired) electrons. The highest BCUT2D eigenvalue weighted by Gasteiger charge is 2.55. The SMILES string of the molecule is CC(=O)O[C@H]1C(N=[N+]=[N-])[C@@H]2OCC(O2)[C@H]1O[C@@H]1OC(C)[C@@H](OC(=O)CCl)[C@H](C)C1C. The summed E-state index contributed by atoms with van der Waals surface area (Å²) in [7, 11) is 0. The zero-order valence-corrected chi connectivity index (χ0v) is 17.9. The van der Waals surface area contributed by atoms with Gasteiger partial charge in [-0.15, -0.1) is 11.6 Å². The van der Waals surface area contributed by atoms with E-state index >= 15 is 0 Å². The van der Waals surface area contributed by atoms with Crippen LogP contribution in [0.5, 0.6) is 0 Å². The third-order valence-electron chi connectivity index (χ3n) is 5.78. The quantitative estimate of drug-likeness (QED) is 0.198. The monoisotopic (exact) mass is 447 g/mol. The number of fused-ring (bicyclic) bond motifs is 2. The van der Waals surface area contributed by atoms with E-state index in [2.05, 4.69) is 10.0 Å². The van der Waals surface area contributed by atoms with Crippen LogP contribution in [0.15, 0.2) is 5.11 Å². The van der Waals surface area contributed by atoms with Gasteiger partial charge >= 0.3 is 11.9 Å². The maximum atomic E-state index is 11.7. The van der Waals surface area contributed by atoms with Crippen molar-refractivity contribution in [2.24, 2.45) is 17.0 Å². The summed E-state index contributed by atoms with van der Waals surface area (Å²) in [6.45, 7) is 7.09. The summed E-state index contributed by atoms with van der Waals surface area (Å²) < 4.78 is 34.4. The molecule has 0 aromatic rings. The van der Waals surface area contributed by atoms with Crippen molar-refractivity contribution in [1.82, 2.24) is 0 Å². The maximum Gasteiger partial charge on any atom is 0.321 e. The van der Waals surface area contributed by atoms with Crippen LogP contribution >= 0.6 is 11.6 Å². The third kappa shape index (κ3) is 4.66. The zero-order chi connectivity index (χ0) is 22.0. The van der Waals surface area contributed by atoms with Gasteiger partial charge in [0.15, 0.2) is 12.6 Å². The lowest BCUT2D eigenvalue weighted by atomic mass is 9.84. The number of ether oxygens (including phenoxy) is 6. The Morgan fingerprint density at radius 1 is 1.13 bits per heavy atom. The highest BCUT2D eigenvalue weighted by Crippen LogP contribution is 2.38. The molecule has 3 aliphatic rings. The molecule has 3 aliphatic heterocycles. The Kier molecular flexibility index (Phi) is 7.43. The van der Waals surface area contributed by atoms with Crippen LogP contribution in [0.25, 0.3) is 10.4 Å². The van der Waals surface area contributed by atoms with Crippen molar-refractivity contribution in [2.75, 3.05) is 12.5 Å². The van der Waals surface area contributed by atoms with Crippen LogP contribution in [-0.2, 0) is 38.0 Å². The summed E-state index contributed by atoms with van der Waals surface area (Å²) in [5.41, 5.74) is 8.93. The van der Waals surface area contributed by atoms with E-state index in [1.54, 1.807) is 6.92 Å². The normalized spacial score (nSPS) is 42.8. The number of carbonyl (C=O) groups excluding carboxylic acids is 2. The Balaban J connectivity index is 1.78. The summed E-state index contributed by atoms with van der Waals surface area (Å²) in [6.07, 6.45) is -4.61. The fourth-order valence-electron chi connectivity index (χ4n) is 4.11. The second-order valence-electron chi connectivity index (χ2n) is 7.76. The lowest BCUT2D eigenvalue weighted by molar-refractivity contribution is -0.305. The molecule has 0 N–H and O–H groups in total. The fraction of sp³-hybridized carbons (Fsp3) is 0.889. The highest BCUT2D eigenvalue weighted by atomic mass is 35.5. The third-order valence-corrected chi connectivity index (χ3v) is 6.00. The van der Waals surface area contributed by atoms with Crippen LogP contribution in [0.4, 0.5) is 0 Å². The first-order chi connectivity index (χ1) is 14.3. The van der Waals surface area contributed by atoms with Crippen molar-refractivity contribution in [3.8, 4) is 0 Å². The van der Waals surface area contributed by atoms with E-state index in [0.717, 1.165) is 0 Å². The number of halogens is 1. The van der Waals surface area contributed by atoms with Crippen molar-refractivity contribution in [3.63, 3.8) is 0 Å². The van der Waals surface area contributed by atoms with E-state index in [0.29, 0.717) is 0 Å². The number of hydrogen-bond acceptors (Lipinski definition) is 9. The van der Waals surface area contributed by atoms with E-state index in [1.165, 1.54) is 6.92 Å². The number of rotatable bonds is 6. The minimum atomic E-state index is -0.895. The maximum absolute atomic E-state index is 11.7. The molecule has 3 rings (SSSR count). The van der Waals surface area contributed by atoms with Crippen molar-refractivity contribution >= 4 is 23.5 Å². The molecule has 0 aliphatic carbocycles. The molecule has 0 aromatic carbocycles. The van der Waals surface area contributed by atoms with Crippen molar-refractivity contribution in [3.05, 3.63) is 10.4 Å². The first-order valence-electron chi connectivity index (χ1n) is 9.81. The van der Waals surface area contributed by atoms with E-state index < -0.39 is 61.1 Å². The number of esters is 2. The largest absolute Gasteiger partial charge is 0.459 e. The van der Waals surface area contributed by atoms with Gasteiger partial charge in [-0.05, 0) is 12.5 Å². The van der Waals surface area contributed by atoms with Crippen molar-refractivity contribution in [2.45, 2.75) is 76.8 Å². The van der Waals surface area contributed by atoms with E-state index in [9.17, 15) is 9.59 Å². The molecule has 3 saturated heterocycles. The minimum absolute atomic E-state index is 0.0943. The van der Waals surface area contributed by atoms with Crippen LogP contribution in [0.2, 0.25) is 0 Å². The molecular weight excluding hydrogens is 422 g/mol. The molecule has 4 unspecified atom stereocenters. The first kappa shape index (κ1) is 23.1. The average molecular weight is 448 g/mol. The molecular formula is C18H26ClN3O8. The Labute approximate surface area is 178 Å². The molecule has 168 valence electrons. The van der Waals surface area contributed by atoms with Gasteiger partial charge < -0.3 is 28.4 Å². The lowest BCUT2D eigenvalue weighted by Crippen LogP contribution is -2.59. The van der Waals surface area contributed by atoms with Gasteiger partial charge in [-0.1, -0.05) is 19.0 Å². The predicted octanol–water partition coefficient (Wildman–Crippen LogP) is 1.90. The van der Waals surface area contributed by atoms with Crippen LogP contribution in [0.3, 0.4) is 0 Å². The van der Waals surface area contributed by atoms with Crippen LogP contribution in [0, 0.1) is 11.8 Å². The number of hydrogen-bond donors (Lipinski definition) is 0. The Bertz CT molecular complexity index is 705. The van der Waals surface area contributed by atoms with E-state index in [-0.39, 0.29) is 24.3 Å². The van der Waals surface area contributed by atoms with Crippen LogP contribution in [-0.4, -0.2) is 73.6 Å². The van der Waals surface area contributed by atoms with Gasteiger partial charge in [-0.2, -0.15) is 0 Å². The van der Waals surface area contributed by atoms with Crippen LogP contribution < -0.4 is 0 Å². The Morgan fingerprint density at radius 2 is 1.87 bits per heavy atom. The molecule has 0 amide bonds. The molecule has 0 spiro atoms. The van der Waals surface area contributed by atoms with Gasteiger partial charge in [0.05, 0.1) is 12.7 Å². The summed E-state index contributed by atoms with van der Waals surface area (Å²) >= 11 is 5.55. The fourth-order valence-corrected chi connectivity index (χ4v) is 4.17. The second-order valence-corrected chi connectivity index (χ2v) is 8.03. The Hall–Kier alpha value is -1.62. The topological polar surface area (TPSA) is 138 Å². The number of carbonyl (C=O) groups is 2. The molecule has 2 bridgehead atoms. The second kappa shape index (κ2) is 9.67. The molecule has 11 nitrogen and oxygen atoms in total. The average Bonchev–Trinajstić information content (AvgIpc) is 3.14. The smallest absolute Gasteiger partial charge is 0.321 e. The zero-order valence-electron chi connectivity index (χ0n) is 17.2. The van der Waals surface area contributed by atoms with Crippen LogP contribution in [0.1, 0.15) is 27.7 Å². The number of nitrogens with zero attached hydrogens (tertiary/aromatic N) is 3.